The van der Waals surface area contributed by atoms with Crippen molar-refractivity contribution < 1.29 is 4.52 Å². The van der Waals surface area contributed by atoms with Gasteiger partial charge in [0.2, 0.25) is 11.7 Å². The summed E-state index contributed by atoms with van der Waals surface area (Å²) in [7, 11) is 4.09. The van der Waals surface area contributed by atoms with Crippen molar-refractivity contribution in [1.82, 2.24) is 15.0 Å². The zero-order valence-electron chi connectivity index (χ0n) is 10.6. The number of hydrogen-bond acceptors (Lipinski definition) is 4. The molecule has 1 aromatic carbocycles. The van der Waals surface area contributed by atoms with Crippen LogP contribution >= 0.6 is 11.6 Å². The van der Waals surface area contributed by atoms with E-state index in [2.05, 4.69) is 15.0 Å². The Labute approximate surface area is 112 Å². The number of nitrogens with zero attached hydrogens (tertiary/aromatic N) is 3. The largest absolute Gasteiger partial charge is 0.339 e. The number of halogens is 1. The Morgan fingerprint density at radius 3 is 2.78 bits per heavy atom. The molecule has 5 heteroatoms. The van der Waals surface area contributed by atoms with E-state index in [9.17, 15) is 0 Å². The highest BCUT2D eigenvalue weighted by Crippen LogP contribution is 2.24. The molecular formula is C13H16ClN3O. The van der Waals surface area contributed by atoms with Gasteiger partial charge in [-0.05, 0) is 39.2 Å². The molecule has 0 aliphatic rings. The van der Waals surface area contributed by atoms with Crippen LogP contribution in [0.2, 0.25) is 5.02 Å². The molecule has 0 aliphatic carbocycles. The van der Waals surface area contributed by atoms with Gasteiger partial charge in [0, 0.05) is 12.0 Å². The van der Waals surface area contributed by atoms with Crippen LogP contribution in [0.15, 0.2) is 28.8 Å². The molecule has 0 N–H and O–H groups in total. The van der Waals surface area contributed by atoms with Crippen LogP contribution in [0.1, 0.15) is 12.3 Å². The summed E-state index contributed by atoms with van der Waals surface area (Å²) in [5, 5.41) is 4.60. The van der Waals surface area contributed by atoms with Crippen LogP contribution in [0, 0.1) is 0 Å². The summed E-state index contributed by atoms with van der Waals surface area (Å²) in [5.74, 6) is 1.22. The highest BCUT2D eigenvalue weighted by molar-refractivity contribution is 6.33. The number of hydrogen-bond donors (Lipinski definition) is 0. The minimum Gasteiger partial charge on any atom is -0.339 e. The number of rotatable bonds is 5. The average Bonchev–Trinajstić information content (AvgIpc) is 2.78. The normalized spacial score (nSPS) is 11.1. The van der Waals surface area contributed by atoms with Crippen LogP contribution in [-0.2, 0) is 6.42 Å². The lowest BCUT2D eigenvalue weighted by molar-refractivity contribution is 0.354. The second kappa shape index (κ2) is 5.98. The Hall–Kier alpha value is -1.39. The van der Waals surface area contributed by atoms with Crippen LogP contribution in [-0.4, -0.2) is 35.7 Å². The molecule has 18 heavy (non-hydrogen) atoms. The van der Waals surface area contributed by atoms with Gasteiger partial charge in [0.15, 0.2) is 0 Å². The van der Waals surface area contributed by atoms with E-state index in [0.29, 0.717) is 16.7 Å². The van der Waals surface area contributed by atoms with E-state index in [1.54, 1.807) is 0 Å². The van der Waals surface area contributed by atoms with Gasteiger partial charge in [-0.25, -0.2) is 0 Å². The van der Waals surface area contributed by atoms with Gasteiger partial charge in [0.1, 0.15) is 0 Å². The van der Waals surface area contributed by atoms with Crippen molar-refractivity contribution in [3.63, 3.8) is 0 Å². The highest BCUT2D eigenvalue weighted by atomic mass is 35.5. The van der Waals surface area contributed by atoms with Crippen molar-refractivity contribution in [2.24, 2.45) is 0 Å². The topological polar surface area (TPSA) is 42.2 Å². The van der Waals surface area contributed by atoms with Gasteiger partial charge >= 0.3 is 0 Å². The minimum absolute atomic E-state index is 0.556. The third-order valence-corrected chi connectivity index (χ3v) is 2.91. The van der Waals surface area contributed by atoms with E-state index in [0.717, 1.165) is 24.9 Å². The highest BCUT2D eigenvalue weighted by Gasteiger charge is 2.10. The quantitative estimate of drug-likeness (QED) is 0.834. The summed E-state index contributed by atoms with van der Waals surface area (Å²) >= 11 is 6.09. The van der Waals surface area contributed by atoms with Crippen molar-refractivity contribution in [2.45, 2.75) is 12.8 Å². The van der Waals surface area contributed by atoms with Gasteiger partial charge in [0.25, 0.3) is 0 Å². The molecule has 1 heterocycles. The molecule has 0 bridgehead atoms. The Kier molecular flexibility index (Phi) is 4.33. The molecule has 0 saturated heterocycles. The van der Waals surface area contributed by atoms with E-state index in [1.165, 1.54) is 0 Å². The van der Waals surface area contributed by atoms with Gasteiger partial charge in [-0.2, -0.15) is 4.98 Å². The van der Waals surface area contributed by atoms with Crippen molar-refractivity contribution in [3.8, 4) is 11.4 Å². The molecule has 0 unspecified atom stereocenters. The fraction of sp³-hybridized carbons (Fsp3) is 0.385. The van der Waals surface area contributed by atoms with Crippen molar-refractivity contribution in [2.75, 3.05) is 20.6 Å². The smallest absolute Gasteiger partial charge is 0.227 e. The van der Waals surface area contributed by atoms with Gasteiger partial charge < -0.3 is 9.42 Å². The molecule has 0 fully saturated rings. The summed E-state index contributed by atoms with van der Waals surface area (Å²) < 4.78 is 5.22. The lowest BCUT2D eigenvalue weighted by atomic mass is 10.2. The van der Waals surface area contributed by atoms with Crippen molar-refractivity contribution in [3.05, 3.63) is 35.2 Å². The Morgan fingerprint density at radius 2 is 2.06 bits per heavy atom. The molecule has 0 aliphatic heterocycles. The third-order valence-electron chi connectivity index (χ3n) is 2.58. The van der Waals surface area contributed by atoms with Gasteiger partial charge in [0.05, 0.1) is 5.02 Å². The predicted octanol–water partition coefficient (Wildman–Crippen LogP) is 2.88. The molecule has 96 valence electrons. The molecule has 2 aromatic rings. The maximum atomic E-state index is 6.09. The summed E-state index contributed by atoms with van der Waals surface area (Å²) in [5.41, 5.74) is 0.807. The first-order valence-corrected chi connectivity index (χ1v) is 6.27. The lowest BCUT2D eigenvalue weighted by Crippen LogP contribution is -2.13. The van der Waals surface area contributed by atoms with Crippen LogP contribution in [0.3, 0.4) is 0 Å². The first-order chi connectivity index (χ1) is 8.66. The van der Waals surface area contributed by atoms with E-state index in [-0.39, 0.29) is 0 Å². The van der Waals surface area contributed by atoms with Crippen LogP contribution in [0.25, 0.3) is 11.4 Å². The van der Waals surface area contributed by atoms with E-state index in [4.69, 9.17) is 16.1 Å². The van der Waals surface area contributed by atoms with E-state index >= 15 is 0 Å². The molecule has 0 saturated carbocycles. The molecule has 0 amide bonds. The average molecular weight is 266 g/mol. The second-order valence-electron chi connectivity index (χ2n) is 4.40. The molecule has 0 radical (unpaired) electrons. The first-order valence-electron chi connectivity index (χ1n) is 5.89. The zero-order chi connectivity index (χ0) is 13.0. The van der Waals surface area contributed by atoms with Crippen LogP contribution in [0.5, 0.6) is 0 Å². The standard InChI is InChI=1S/C13H16ClN3O/c1-17(2)9-5-8-12-15-13(16-18-12)10-6-3-4-7-11(10)14/h3-4,6-7H,5,8-9H2,1-2H3. The van der Waals surface area contributed by atoms with Crippen LogP contribution in [0.4, 0.5) is 0 Å². The second-order valence-corrected chi connectivity index (χ2v) is 4.81. The Balaban J connectivity index is 2.04. The molecule has 0 spiro atoms. The van der Waals surface area contributed by atoms with Crippen LogP contribution < -0.4 is 0 Å². The molecular weight excluding hydrogens is 250 g/mol. The SMILES string of the molecule is CN(C)CCCc1nc(-c2ccccc2Cl)no1. The van der Waals surface area contributed by atoms with Crippen molar-refractivity contribution >= 4 is 11.6 Å². The Bertz CT molecular complexity index is 510. The fourth-order valence-electron chi connectivity index (χ4n) is 1.65. The van der Waals surface area contributed by atoms with E-state index in [1.807, 2.05) is 38.4 Å². The maximum Gasteiger partial charge on any atom is 0.227 e. The van der Waals surface area contributed by atoms with Gasteiger partial charge in [-0.3, -0.25) is 0 Å². The van der Waals surface area contributed by atoms with Gasteiger partial charge in [-0.1, -0.05) is 28.9 Å². The minimum atomic E-state index is 0.556. The number of aromatic nitrogens is 2. The maximum absolute atomic E-state index is 6.09. The van der Waals surface area contributed by atoms with E-state index < -0.39 is 0 Å². The molecule has 1 aromatic heterocycles. The first kappa shape index (κ1) is 13.1. The molecule has 4 nitrogen and oxygen atoms in total. The fourth-order valence-corrected chi connectivity index (χ4v) is 1.88. The summed E-state index contributed by atoms with van der Waals surface area (Å²) in [6.07, 6.45) is 1.78. The molecule has 0 atom stereocenters. The lowest BCUT2D eigenvalue weighted by Gasteiger charge is -2.06. The van der Waals surface area contributed by atoms with Crippen molar-refractivity contribution in [1.29, 1.82) is 0 Å². The monoisotopic (exact) mass is 265 g/mol. The Morgan fingerprint density at radius 1 is 1.28 bits per heavy atom. The summed E-state index contributed by atoms with van der Waals surface area (Å²) in [6, 6.07) is 7.49. The number of aryl methyl sites for hydroxylation is 1. The summed E-state index contributed by atoms with van der Waals surface area (Å²) in [4.78, 5) is 6.49. The zero-order valence-corrected chi connectivity index (χ0v) is 11.3. The summed E-state index contributed by atoms with van der Waals surface area (Å²) in [6.45, 7) is 1.00. The third kappa shape index (κ3) is 3.31. The number of benzene rings is 1. The van der Waals surface area contributed by atoms with Gasteiger partial charge in [-0.15, -0.1) is 0 Å². The molecule has 2 rings (SSSR count). The predicted molar refractivity (Wildman–Crippen MR) is 71.6 cm³/mol.